The van der Waals surface area contributed by atoms with Crippen molar-refractivity contribution in [3.8, 4) is 12.3 Å². The Labute approximate surface area is 196 Å². The van der Waals surface area contributed by atoms with Crippen LogP contribution in [0.4, 0.5) is 0 Å². The number of hydrogen-bond acceptors (Lipinski definition) is 4. The summed E-state index contributed by atoms with van der Waals surface area (Å²) in [6, 6.07) is 11.3. The molecule has 2 heterocycles. The van der Waals surface area contributed by atoms with Gasteiger partial charge in [0.2, 0.25) is 10.0 Å². The monoisotopic (exact) mass is 487 g/mol. The van der Waals surface area contributed by atoms with Gasteiger partial charge in [0.25, 0.3) is 5.91 Å². The third-order valence-electron chi connectivity index (χ3n) is 5.54. The molecule has 1 saturated heterocycles. The lowest BCUT2D eigenvalue weighted by atomic mass is 10.1. The van der Waals surface area contributed by atoms with E-state index in [0.717, 1.165) is 29.5 Å². The highest BCUT2D eigenvalue weighted by Crippen LogP contribution is 2.25. The minimum absolute atomic E-state index is 0.0295. The first kappa shape index (κ1) is 22.7. The van der Waals surface area contributed by atoms with Crippen molar-refractivity contribution in [3.63, 3.8) is 0 Å². The summed E-state index contributed by atoms with van der Waals surface area (Å²) < 4.78 is 30.2. The van der Waals surface area contributed by atoms with Gasteiger partial charge in [0.1, 0.15) is 0 Å². The first-order valence-electron chi connectivity index (χ1n) is 10.2. The molecule has 1 aliphatic heterocycles. The van der Waals surface area contributed by atoms with Crippen molar-refractivity contribution in [2.24, 2.45) is 4.99 Å². The van der Waals surface area contributed by atoms with Gasteiger partial charge in [-0.1, -0.05) is 35.3 Å². The summed E-state index contributed by atoms with van der Waals surface area (Å²) in [6.45, 7) is 2.71. The van der Waals surface area contributed by atoms with Gasteiger partial charge < -0.3 is 4.57 Å². The molecule has 166 valence electrons. The Hall–Kier alpha value is -2.44. The Balaban J connectivity index is 1.66. The summed E-state index contributed by atoms with van der Waals surface area (Å²) in [5, 5.41) is 0.587. The number of hydrogen-bond donors (Lipinski definition) is 0. The third-order valence-corrected chi connectivity index (χ3v) is 8.85. The van der Waals surface area contributed by atoms with Gasteiger partial charge in [-0.25, -0.2) is 8.42 Å². The molecule has 1 unspecified atom stereocenters. The summed E-state index contributed by atoms with van der Waals surface area (Å²) in [7, 11) is -3.59. The van der Waals surface area contributed by atoms with Crippen LogP contribution in [0.5, 0.6) is 0 Å². The van der Waals surface area contributed by atoms with E-state index in [-0.39, 0.29) is 17.5 Å². The molecule has 0 saturated carbocycles. The zero-order chi connectivity index (χ0) is 22.9. The van der Waals surface area contributed by atoms with Gasteiger partial charge in [-0.15, -0.1) is 6.42 Å². The first-order valence-corrected chi connectivity index (χ1v) is 12.9. The average molecular weight is 488 g/mol. The van der Waals surface area contributed by atoms with Crippen LogP contribution >= 0.6 is 22.9 Å². The van der Waals surface area contributed by atoms with Gasteiger partial charge in [0, 0.05) is 23.2 Å². The number of thiazole rings is 1. The molecule has 4 rings (SSSR count). The SMILES string of the molecule is C#CCn1c(=NC(=O)c2ccc(S(=O)(=O)N3CCCCC3C)cc2)sc2cc(Cl)ccc21. The quantitative estimate of drug-likeness (QED) is 0.515. The van der Waals surface area contributed by atoms with E-state index in [4.69, 9.17) is 18.0 Å². The number of benzene rings is 2. The van der Waals surface area contributed by atoms with Crippen LogP contribution in [0.1, 0.15) is 36.5 Å². The second-order valence-electron chi connectivity index (χ2n) is 7.69. The summed E-state index contributed by atoms with van der Waals surface area (Å²) in [4.78, 5) is 17.7. The fourth-order valence-corrected chi connectivity index (χ4v) is 6.86. The number of carbonyl (C=O) groups is 1. The van der Waals surface area contributed by atoms with E-state index in [9.17, 15) is 13.2 Å². The van der Waals surface area contributed by atoms with Crippen molar-refractivity contribution in [2.75, 3.05) is 6.54 Å². The van der Waals surface area contributed by atoms with E-state index >= 15 is 0 Å². The number of halogens is 1. The van der Waals surface area contributed by atoms with Gasteiger partial charge in [-0.2, -0.15) is 9.30 Å². The normalized spacial score (nSPS) is 18.0. The Kier molecular flexibility index (Phi) is 6.54. The van der Waals surface area contributed by atoms with Gasteiger partial charge >= 0.3 is 0 Å². The predicted octanol–water partition coefficient (Wildman–Crippen LogP) is 4.29. The zero-order valence-corrected chi connectivity index (χ0v) is 19.9. The van der Waals surface area contributed by atoms with Crippen molar-refractivity contribution in [1.82, 2.24) is 8.87 Å². The number of terminal acetylenes is 1. The summed E-state index contributed by atoms with van der Waals surface area (Å²) in [5.41, 5.74) is 1.15. The fraction of sp³-hybridized carbons (Fsp3) is 0.304. The molecule has 1 amide bonds. The molecule has 0 aliphatic carbocycles. The minimum atomic E-state index is -3.59. The number of rotatable bonds is 4. The molecule has 0 N–H and O–H groups in total. The topological polar surface area (TPSA) is 71.7 Å². The standard InChI is InChI=1S/C23H22ClN3O3S2/c1-3-13-26-20-12-9-18(24)15-21(20)31-23(26)25-22(28)17-7-10-19(11-8-17)32(29,30)27-14-5-4-6-16(27)2/h1,7-12,15-16H,4-6,13-14H2,2H3. The lowest BCUT2D eigenvalue weighted by molar-refractivity contribution is 0.0997. The molecule has 1 aliphatic rings. The van der Waals surface area contributed by atoms with E-state index in [1.165, 1.54) is 35.6 Å². The number of amides is 1. The van der Waals surface area contributed by atoms with Crippen LogP contribution in [0.3, 0.4) is 0 Å². The Bertz CT molecular complexity index is 1380. The second kappa shape index (κ2) is 9.20. The Morgan fingerprint density at radius 3 is 2.69 bits per heavy atom. The minimum Gasteiger partial charge on any atom is -0.305 e. The number of fused-ring (bicyclic) bond motifs is 1. The maximum atomic E-state index is 13.0. The highest BCUT2D eigenvalue weighted by atomic mass is 35.5. The molecule has 9 heteroatoms. The van der Waals surface area contributed by atoms with Crippen LogP contribution in [-0.2, 0) is 16.6 Å². The fourth-order valence-electron chi connectivity index (χ4n) is 3.86. The molecule has 0 spiro atoms. The Morgan fingerprint density at radius 1 is 1.25 bits per heavy atom. The molecule has 0 radical (unpaired) electrons. The largest absolute Gasteiger partial charge is 0.305 e. The van der Waals surface area contributed by atoms with Crippen LogP contribution in [-0.4, -0.2) is 35.8 Å². The molecule has 3 aromatic rings. The summed E-state index contributed by atoms with van der Waals surface area (Å²) in [6.07, 6.45) is 8.25. The Morgan fingerprint density at radius 2 is 2.00 bits per heavy atom. The first-order chi connectivity index (χ1) is 15.3. The van der Waals surface area contributed by atoms with E-state index in [2.05, 4.69) is 10.9 Å². The molecule has 1 fully saturated rings. The number of nitrogens with zero attached hydrogens (tertiary/aromatic N) is 3. The molecule has 1 aromatic heterocycles. The van der Waals surface area contributed by atoms with Gasteiger partial charge in [0.15, 0.2) is 4.80 Å². The van der Waals surface area contributed by atoms with Crippen LogP contribution < -0.4 is 4.80 Å². The van der Waals surface area contributed by atoms with Crippen LogP contribution in [0.2, 0.25) is 5.02 Å². The lowest BCUT2D eigenvalue weighted by Crippen LogP contribution is -2.41. The molecular formula is C23H22ClN3O3S2. The van der Waals surface area contributed by atoms with Crippen molar-refractivity contribution in [2.45, 2.75) is 43.7 Å². The number of carbonyl (C=O) groups excluding carboxylic acids is 1. The smallest absolute Gasteiger partial charge is 0.279 e. The molecular weight excluding hydrogens is 466 g/mol. The molecule has 1 atom stereocenters. The van der Waals surface area contributed by atoms with Crippen molar-refractivity contribution in [3.05, 3.63) is 57.9 Å². The predicted molar refractivity (Wildman–Crippen MR) is 127 cm³/mol. The van der Waals surface area contributed by atoms with Crippen LogP contribution in [0.25, 0.3) is 10.2 Å². The van der Waals surface area contributed by atoms with Gasteiger partial charge in [-0.05, 0) is 62.2 Å². The lowest BCUT2D eigenvalue weighted by Gasteiger charge is -2.32. The van der Waals surface area contributed by atoms with E-state index in [1.54, 1.807) is 21.0 Å². The maximum Gasteiger partial charge on any atom is 0.279 e. The van der Waals surface area contributed by atoms with Crippen LogP contribution in [0.15, 0.2) is 52.4 Å². The number of aromatic nitrogens is 1. The van der Waals surface area contributed by atoms with Crippen molar-refractivity contribution >= 4 is 49.1 Å². The number of piperidine rings is 1. The molecule has 32 heavy (non-hydrogen) atoms. The highest BCUT2D eigenvalue weighted by molar-refractivity contribution is 7.89. The maximum absolute atomic E-state index is 13.0. The summed E-state index contributed by atoms with van der Waals surface area (Å²) >= 11 is 7.40. The molecule has 6 nitrogen and oxygen atoms in total. The third kappa shape index (κ3) is 4.39. The van der Waals surface area contributed by atoms with Crippen LogP contribution in [0, 0.1) is 12.3 Å². The number of sulfonamides is 1. The molecule has 2 aromatic carbocycles. The van der Waals surface area contributed by atoms with E-state index in [0.29, 0.717) is 21.9 Å². The second-order valence-corrected chi connectivity index (χ2v) is 11.0. The van der Waals surface area contributed by atoms with Crippen molar-refractivity contribution < 1.29 is 13.2 Å². The highest BCUT2D eigenvalue weighted by Gasteiger charge is 2.30. The zero-order valence-electron chi connectivity index (χ0n) is 17.5. The van der Waals surface area contributed by atoms with Gasteiger partial charge in [0.05, 0.1) is 21.7 Å². The van der Waals surface area contributed by atoms with E-state index < -0.39 is 15.9 Å². The van der Waals surface area contributed by atoms with Gasteiger partial charge in [-0.3, -0.25) is 4.79 Å². The molecule has 0 bridgehead atoms. The summed E-state index contributed by atoms with van der Waals surface area (Å²) in [5.74, 6) is 2.11. The van der Waals surface area contributed by atoms with Crippen molar-refractivity contribution in [1.29, 1.82) is 0 Å². The average Bonchev–Trinajstić information content (AvgIpc) is 3.10. The van der Waals surface area contributed by atoms with E-state index in [1.807, 2.05) is 13.0 Å².